The zero-order valence-electron chi connectivity index (χ0n) is 14.3. The minimum Gasteiger partial charge on any atom is -0.343 e. The van der Waals surface area contributed by atoms with E-state index in [1.54, 1.807) is 12.1 Å². The van der Waals surface area contributed by atoms with Crippen LogP contribution < -0.4 is 10.6 Å². The SMILES string of the molecule is Cc1cc(C)cc(C(=O)NCC(=O)Nc2nnc(CC(C)C)s2)c1. The first kappa shape index (κ1) is 18.1. The minimum atomic E-state index is -0.319. The van der Waals surface area contributed by atoms with Gasteiger partial charge in [-0.25, -0.2) is 0 Å². The molecule has 2 aromatic rings. The maximum absolute atomic E-state index is 12.1. The van der Waals surface area contributed by atoms with E-state index in [1.807, 2.05) is 19.9 Å². The Morgan fingerprint density at radius 3 is 2.42 bits per heavy atom. The van der Waals surface area contributed by atoms with Crippen LogP contribution in [0.4, 0.5) is 5.13 Å². The van der Waals surface area contributed by atoms with Gasteiger partial charge in [-0.1, -0.05) is 42.4 Å². The van der Waals surface area contributed by atoms with Crippen LogP contribution in [0, 0.1) is 19.8 Å². The van der Waals surface area contributed by atoms with Crippen LogP contribution in [0.3, 0.4) is 0 Å². The van der Waals surface area contributed by atoms with E-state index >= 15 is 0 Å². The van der Waals surface area contributed by atoms with Crippen molar-refractivity contribution in [2.24, 2.45) is 5.92 Å². The number of carbonyl (C=O) groups excluding carboxylic acids is 2. The first-order chi connectivity index (χ1) is 11.3. The Balaban J connectivity index is 1.86. The monoisotopic (exact) mass is 346 g/mol. The summed E-state index contributed by atoms with van der Waals surface area (Å²) in [5.74, 6) is -0.103. The Labute approximate surface area is 145 Å². The summed E-state index contributed by atoms with van der Waals surface area (Å²) in [5.41, 5.74) is 2.57. The molecule has 1 heterocycles. The summed E-state index contributed by atoms with van der Waals surface area (Å²) in [4.78, 5) is 24.0. The third kappa shape index (κ3) is 5.42. The molecular formula is C17H22N4O2S. The van der Waals surface area contributed by atoms with Gasteiger partial charge in [0.1, 0.15) is 5.01 Å². The van der Waals surface area contributed by atoms with Crippen LogP contribution in [0.25, 0.3) is 0 Å². The van der Waals surface area contributed by atoms with Gasteiger partial charge in [0.15, 0.2) is 0 Å². The fraction of sp³-hybridized carbons (Fsp3) is 0.412. The molecule has 0 atom stereocenters. The molecule has 7 heteroatoms. The van der Waals surface area contributed by atoms with Gasteiger partial charge in [0.25, 0.3) is 5.91 Å². The number of hydrogen-bond donors (Lipinski definition) is 2. The number of nitrogens with one attached hydrogen (secondary N) is 2. The van der Waals surface area contributed by atoms with Crippen molar-refractivity contribution >= 4 is 28.3 Å². The van der Waals surface area contributed by atoms with Gasteiger partial charge in [0.2, 0.25) is 11.0 Å². The molecule has 24 heavy (non-hydrogen) atoms. The molecule has 2 amide bonds. The standard InChI is InChI=1S/C17H22N4O2S/c1-10(2)5-15-20-21-17(24-15)19-14(22)9-18-16(23)13-7-11(3)6-12(4)8-13/h6-8,10H,5,9H2,1-4H3,(H,18,23)(H,19,21,22). The molecule has 6 nitrogen and oxygen atoms in total. The Bertz CT molecular complexity index is 720. The number of aryl methyl sites for hydroxylation is 2. The second-order valence-electron chi connectivity index (χ2n) is 6.21. The van der Waals surface area contributed by atoms with Gasteiger partial charge in [0, 0.05) is 12.0 Å². The van der Waals surface area contributed by atoms with Crippen LogP contribution in [0.1, 0.15) is 40.3 Å². The van der Waals surface area contributed by atoms with Crippen molar-refractivity contribution in [3.05, 3.63) is 39.9 Å². The lowest BCUT2D eigenvalue weighted by Gasteiger charge is -2.06. The number of benzene rings is 1. The molecule has 0 spiro atoms. The third-order valence-corrected chi connectivity index (χ3v) is 4.05. The van der Waals surface area contributed by atoms with Crippen molar-refractivity contribution in [1.29, 1.82) is 0 Å². The second kappa shape index (κ2) is 8.01. The smallest absolute Gasteiger partial charge is 0.251 e. The lowest BCUT2D eigenvalue weighted by molar-refractivity contribution is -0.115. The topological polar surface area (TPSA) is 84.0 Å². The highest BCUT2D eigenvalue weighted by Gasteiger charge is 2.12. The molecule has 0 aliphatic rings. The highest BCUT2D eigenvalue weighted by molar-refractivity contribution is 7.15. The van der Waals surface area contributed by atoms with Crippen molar-refractivity contribution in [3.63, 3.8) is 0 Å². The number of hydrogen-bond acceptors (Lipinski definition) is 5. The Hall–Kier alpha value is -2.28. The van der Waals surface area contributed by atoms with E-state index < -0.39 is 0 Å². The summed E-state index contributed by atoms with van der Waals surface area (Å²) in [6, 6.07) is 5.58. The first-order valence-electron chi connectivity index (χ1n) is 7.82. The van der Waals surface area contributed by atoms with E-state index in [1.165, 1.54) is 11.3 Å². The van der Waals surface area contributed by atoms with E-state index in [0.717, 1.165) is 22.6 Å². The van der Waals surface area contributed by atoms with Crippen molar-refractivity contribution < 1.29 is 9.59 Å². The predicted octanol–water partition coefficient (Wildman–Crippen LogP) is 2.72. The zero-order valence-corrected chi connectivity index (χ0v) is 15.2. The first-order valence-corrected chi connectivity index (χ1v) is 8.64. The normalized spacial score (nSPS) is 10.7. The molecule has 0 aliphatic heterocycles. The van der Waals surface area contributed by atoms with Crippen LogP contribution in [0.15, 0.2) is 18.2 Å². The molecule has 0 aliphatic carbocycles. The molecule has 0 saturated carbocycles. The quantitative estimate of drug-likeness (QED) is 0.842. The van der Waals surface area contributed by atoms with Gasteiger partial charge in [0.05, 0.1) is 6.54 Å². The van der Waals surface area contributed by atoms with E-state index in [0.29, 0.717) is 16.6 Å². The number of nitrogens with zero attached hydrogens (tertiary/aromatic N) is 2. The maximum atomic E-state index is 12.1. The van der Waals surface area contributed by atoms with Gasteiger partial charge < -0.3 is 5.32 Å². The Kier molecular flexibility index (Phi) is 6.03. The fourth-order valence-corrected chi connectivity index (χ4v) is 3.24. The van der Waals surface area contributed by atoms with Crippen LogP contribution in [0.2, 0.25) is 0 Å². The van der Waals surface area contributed by atoms with E-state index in [-0.39, 0.29) is 18.4 Å². The molecule has 0 bridgehead atoms. The van der Waals surface area contributed by atoms with E-state index in [2.05, 4.69) is 34.7 Å². The number of aromatic nitrogens is 2. The van der Waals surface area contributed by atoms with Gasteiger partial charge in [-0.3, -0.25) is 14.9 Å². The fourth-order valence-electron chi connectivity index (χ4n) is 2.27. The van der Waals surface area contributed by atoms with Crippen molar-refractivity contribution in [2.45, 2.75) is 34.1 Å². The highest BCUT2D eigenvalue weighted by atomic mass is 32.1. The van der Waals surface area contributed by atoms with Crippen molar-refractivity contribution in [2.75, 3.05) is 11.9 Å². The zero-order chi connectivity index (χ0) is 17.7. The number of amides is 2. The molecule has 1 aromatic heterocycles. The number of anilines is 1. The molecule has 2 N–H and O–H groups in total. The Morgan fingerprint density at radius 2 is 1.79 bits per heavy atom. The van der Waals surface area contributed by atoms with Crippen molar-refractivity contribution in [1.82, 2.24) is 15.5 Å². The van der Waals surface area contributed by atoms with Gasteiger partial charge in [-0.05, 0) is 31.9 Å². The molecular weight excluding hydrogens is 324 g/mol. The van der Waals surface area contributed by atoms with Gasteiger partial charge >= 0.3 is 0 Å². The molecule has 128 valence electrons. The summed E-state index contributed by atoms with van der Waals surface area (Å²) >= 11 is 1.36. The highest BCUT2D eigenvalue weighted by Crippen LogP contribution is 2.18. The summed E-state index contributed by atoms with van der Waals surface area (Å²) in [6.45, 7) is 7.96. The van der Waals surface area contributed by atoms with Crippen LogP contribution in [-0.4, -0.2) is 28.6 Å². The summed E-state index contributed by atoms with van der Waals surface area (Å²) in [5, 5.41) is 14.6. The summed E-state index contributed by atoms with van der Waals surface area (Å²) < 4.78 is 0. The van der Waals surface area contributed by atoms with Crippen molar-refractivity contribution in [3.8, 4) is 0 Å². The largest absolute Gasteiger partial charge is 0.343 e. The molecule has 0 radical (unpaired) electrons. The van der Waals surface area contributed by atoms with Gasteiger partial charge in [-0.15, -0.1) is 10.2 Å². The van der Waals surface area contributed by atoms with Crippen LogP contribution >= 0.6 is 11.3 Å². The average Bonchev–Trinajstić information content (AvgIpc) is 2.89. The molecule has 1 aromatic carbocycles. The Morgan fingerprint density at radius 1 is 1.12 bits per heavy atom. The van der Waals surface area contributed by atoms with Crippen LogP contribution in [0.5, 0.6) is 0 Å². The minimum absolute atomic E-state index is 0.106. The van der Waals surface area contributed by atoms with Crippen LogP contribution in [-0.2, 0) is 11.2 Å². The van der Waals surface area contributed by atoms with E-state index in [9.17, 15) is 9.59 Å². The number of carbonyl (C=O) groups is 2. The maximum Gasteiger partial charge on any atom is 0.251 e. The van der Waals surface area contributed by atoms with E-state index in [4.69, 9.17) is 0 Å². The lowest BCUT2D eigenvalue weighted by atomic mass is 10.1. The average molecular weight is 346 g/mol. The molecule has 0 saturated heterocycles. The second-order valence-corrected chi connectivity index (χ2v) is 7.27. The summed E-state index contributed by atoms with van der Waals surface area (Å²) in [6.07, 6.45) is 0.830. The third-order valence-electron chi connectivity index (χ3n) is 3.19. The lowest BCUT2D eigenvalue weighted by Crippen LogP contribution is -2.32. The predicted molar refractivity (Wildman–Crippen MR) is 95.3 cm³/mol. The number of rotatable bonds is 6. The molecule has 2 rings (SSSR count). The van der Waals surface area contributed by atoms with Gasteiger partial charge in [-0.2, -0.15) is 0 Å². The molecule has 0 unspecified atom stereocenters. The summed E-state index contributed by atoms with van der Waals surface area (Å²) in [7, 11) is 0. The molecule has 0 fully saturated rings.